The summed E-state index contributed by atoms with van der Waals surface area (Å²) in [6.45, 7) is 1.84. The van der Waals surface area contributed by atoms with Gasteiger partial charge in [-0.15, -0.1) is 0 Å². The number of hydrogen-bond acceptors (Lipinski definition) is 3. The van der Waals surface area contributed by atoms with Crippen LogP contribution in [0.15, 0.2) is 36.5 Å². The highest BCUT2D eigenvalue weighted by atomic mass is 16.2. The quantitative estimate of drug-likeness (QED) is 0.930. The normalized spacial score (nSPS) is 11.7. The summed E-state index contributed by atoms with van der Waals surface area (Å²) in [4.78, 5) is 18.0. The van der Waals surface area contributed by atoms with Crippen LogP contribution in [0.25, 0.3) is 10.9 Å². The maximum Gasteiger partial charge on any atom is 0.321 e. The van der Waals surface area contributed by atoms with Crippen LogP contribution in [-0.4, -0.2) is 29.0 Å². The van der Waals surface area contributed by atoms with Gasteiger partial charge in [-0.1, -0.05) is 18.2 Å². The summed E-state index contributed by atoms with van der Waals surface area (Å²) in [5.41, 5.74) is 1.42. The molecule has 0 saturated heterocycles. The molecule has 5 heteroatoms. The van der Waals surface area contributed by atoms with Crippen LogP contribution in [0.4, 0.5) is 10.5 Å². The summed E-state index contributed by atoms with van der Waals surface area (Å²) >= 11 is 0. The minimum absolute atomic E-state index is 0.136. The minimum Gasteiger partial charge on any atom is -0.324 e. The second-order valence-corrected chi connectivity index (χ2v) is 4.63. The van der Waals surface area contributed by atoms with E-state index in [4.69, 9.17) is 5.26 Å². The van der Waals surface area contributed by atoms with Gasteiger partial charge in [0.2, 0.25) is 0 Å². The fraction of sp³-hybridized carbons (Fsp3) is 0.267. The number of carbonyl (C=O) groups is 1. The summed E-state index contributed by atoms with van der Waals surface area (Å²) in [6, 6.07) is 11.1. The topological polar surface area (TPSA) is 69.0 Å². The first-order chi connectivity index (χ1) is 9.63. The number of anilines is 1. The number of hydrogen-bond donors (Lipinski definition) is 1. The lowest BCUT2D eigenvalue weighted by atomic mass is 10.2. The Balaban J connectivity index is 2.20. The van der Waals surface area contributed by atoms with Crippen molar-refractivity contribution in [2.24, 2.45) is 0 Å². The molecule has 1 unspecified atom stereocenters. The van der Waals surface area contributed by atoms with E-state index in [1.807, 2.05) is 37.3 Å². The van der Waals surface area contributed by atoms with E-state index < -0.39 is 0 Å². The Morgan fingerprint density at radius 2 is 2.20 bits per heavy atom. The van der Waals surface area contributed by atoms with Crippen LogP contribution in [0.2, 0.25) is 0 Å². The van der Waals surface area contributed by atoms with Crippen molar-refractivity contribution in [2.45, 2.75) is 19.4 Å². The second-order valence-electron chi connectivity index (χ2n) is 4.63. The van der Waals surface area contributed by atoms with E-state index in [1.165, 1.54) is 4.90 Å². The smallest absolute Gasteiger partial charge is 0.321 e. The number of amides is 2. The number of nitrogens with one attached hydrogen (secondary N) is 1. The van der Waals surface area contributed by atoms with Crippen LogP contribution in [0.1, 0.15) is 13.3 Å². The molecule has 1 heterocycles. The number of rotatable bonds is 3. The van der Waals surface area contributed by atoms with Crippen LogP contribution < -0.4 is 5.32 Å². The van der Waals surface area contributed by atoms with E-state index in [1.54, 1.807) is 13.2 Å². The molecule has 1 atom stereocenters. The van der Waals surface area contributed by atoms with Crippen molar-refractivity contribution in [1.82, 2.24) is 9.88 Å². The Labute approximate surface area is 117 Å². The van der Waals surface area contributed by atoms with Crippen molar-refractivity contribution in [1.29, 1.82) is 5.26 Å². The van der Waals surface area contributed by atoms with Crippen LogP contribution in [0.3, 0.4) is 0 Å². The minimum atomic E-state index is -0.245. The zero-order valence-corrected chi connectivity index (χ0v) is 11.5. The van der Waals surface area contributed by atoms with Crippen molar-refractivity contribution >= 4 is 22.6 Å². The molecule has 0 aliphatic heterocycles. The molecule has 1 N–H and O–H groups in total. The maximum absolute atomic E-state index is 12.2. The second kappa shape index (κ2) is 6.02. The molecule has 20 heavy (non-hydrogen) atoms. The first kappa shape index (κ1) is 13.8. The largest absolute Gasteiger partial charge is 0.324 e. The third-order valence-electron chi connectivity index (χ3n) is 3.24. The number of urea groups is 1. The summed E-state index contributed by atoms with van der Waals surface area (Å²) in [5, 5.41) is 12.5. The number of fused-ring (bicyclic) bond motifs is 1. The van der Waals surface area contributed by atoms with Crippen molar-refractivity contribution in [3.8, 4) is 6.07 Å². The Morgan fingerprint density at radius 1 is 1.45 bits per heavy atom. The average molecular weight is 268 g/mol. The molecule has 0 bridgehead atoms. The van der Waals surface area contributed by atoms with Gasteiger partial charge < -0.3 is 10.2 Å². The van der Waals surface area contributed by atoms with Gasteiger partial charge in [0, 0.05) is 24.7 Å². The van der Waals surface area contributed by atoms with Gasteiger partial charge in [0.25, 0.3) is 0 Å². The summed E-state index contributed by atoms with van der Waals surface area (Å²) in [5.74, 6) is 0. The predicted molar refractivity (Wildman–Crippen MR) is 78.2 cm³/mol. The maximum atomic E-state index is 12.2. The fourth-order valence-electron chi connectivity index (χ4n) is 1.88. The number of carbonyl (C=O) groups excluding carboxylic acids is 1. The highest BCUT2D eigenvalue weighted by Crippen LogP contribution is 2.21. The number of benzene rings is 1. The zero-order valence-electron chi connectivity index (χ0n) is 11.5. The summed E-state index contributed by atoms with van der Waals surface area (Å²) < 4.78 is 0. The Bertz CT molecular complexity index is 657. The van der Waals surface area contributed by atoms with Gasteiger partial charge in [0.1, 0.15) is 0 Å². The van der Waals surface area contributed by atoms with Crippen LogP contribution >= 0.6 is 0 Å². The van der Waals surface area contributed by atoms with Crippen LogP contribution in [0, 0.1) is 11.3 Å². The average Bonchev–Trinajstić information content (AvgIpc) is 2.47. The van der Waals surface area contributed by atoms with Crippen molar-refractivity contribution in [3.63, 3.8) is 0 Å². The van der Waals surface area contributed by atoms with Gasteiger partial charge in [0.15, 0.2) is 0 Å². The Morgan fingerprint density at radius 3 is 2.95 bits per heavy atom. The van der Waals surface area contributed by atoms with Gasteiger partial charge in [-0.05, 0) is 19.1 Å². The molecule has 2 amide bonds. The van der Waals surface area contributed by atoms with E-state index in [0.717, 1.165) is 10.9 Å². The fourth-order valence-corrected chi connectivity index (χ4v) is 1.88. The molecule has 0 aliphatic rings. The molecule has 2 aromatic rings. The van der Waals surface area contributed by atoms with Gasteiger partial charge >= 0.3 is 6.03 Å². The lowest BCUT2D eigenvalue weighted by molar-refractivity contribution is 0.208. The molecule has 0 fully saturated rings. The van der Waals surface area contributed by atoms with Gasteiger partial charge in [-0.2, -0.15) is 5.26 Å². The number of pyridine rings is 1. The molecule has 0 aliphatic carbocycles. The molecular weight excluding hydrogens is 252 g/mol. The molecule has 102 valence electrons. The van der Waals surface area contributed by atoms with E-state index in [0.29, 0.717) is 12.1 Å². The Kier molecular flexibility index (Phi) is 4.16. The number of aromatic nitrogens is 1. The third-order valence-corrected chi connectivity index (χ3v) is 3.24. The molecule has 0 radical (unpaired) electrons. The first-order valence-corrected chi connectivity index (χ1v) is 6.38. The van der Waals surface area contributed by atoms with E-state index in [-0.39, 0.29) is 12.1 Å². The highest BCUT2D eigenvalue weighted by molar-refractivity contribution is 5.99. The lowest BCUT2D eigenvalue weighted by Gasteiger charge is -2.23. The summed E-state index contributed by atoms with van der Waals surface area (Å²) in [7, 11) is 1.68. The van der Waals surface area contributed by atoms with Crippen LogP contribution in [-0.2, 0) is 0 Å². The molecular formula is C15H16N4O. The van der Waals surface area contributed by atoms with E-state index in [2.05, 4.69) is 16.4 Å². The molecule has 1 aromatic carbocycles. The van der Waals surface area contributed by atoms with Gasteiger partial charge in [0.05, 0.1) is 23.7 Å². The van der Waals surface area contributed by atoms with Crippen LogP contribution in [0.5, 0.6) is 0 Å². The highest BCUT2D eigenvalue weighted by Gasteiger charge is 2.16. The standard InChI is InChI=1S/C15H16N4O/c1-11(8-9-16)19(2)15(20)18-13-7-3-5-12-6-4-10-17-14(12)13/h3-7,10-11H,8H2,1-2H3,(H,18,20). The van der Waals surface area contributed by atoms with Crippen molar-refractivity contribution in [3.05, 3.63) is 36.5 Å². The lowest BCUT2D eigenvalue weighted by Crippen LogP contribution is -2.38. The molecule has 2 rings (SSSR count). The summed E-state index contributed by atoms with van der Waals surface area (Å²) in [6.07, 6.45) is 2.00. The monoisotopic (exact) mass is 268 g/mol. The van der Waals surface area contributed by atoms with E-state index >= 15 is 0 Å². The van der Waals surface area contributed by atoms with Crippen molar-refractivity contribution < 1.29 is 4.79 Å². The predicted octanol–water partition coefficient (Wildman–Crippen LogP) is 3.00. The molecule has 1 aromatic heterocycles. The van der Waals surface area contributed by atoms with Crippen molar-refractivity contribution in [2.75, 3.05) is 12.4 Å². The van der Waals surface area contributed by atoms with Gasteiger partial charge in [-0.3, -0.25) is 4.98 Å². The number of nitrogens with zero attached hydrogens (tertiary/aromatic N) is 3. The SMILES string of the molecule is CC(CC#N)N(C)C(=O)Nc1cccc2cccnc12. The molecule has 0 saturated carbocycles. The number of nitriles is 1. The molecule has 0 spiro atoms. The first-order valence-electron chi connectivity index (χ1n) is 6.38. The number of para-hydroxylation sites is 1. The third kappa shape index (κ3) is 2.86. The van der Waals surface area contributed by atoms with Gasteiger partial charge in [-0.25, -0.2) is 4.79 Å². The van der Waals surface area contributed by atoms with E-state index in [9.17, 15) is 4.79 Å². The zero-order chi connectivity index (χ0) is 14.5. The Hall–Kier alpha value is -2.61. The molecule has 5 nitrogen and oxygen atoms in total.